The number of benzene rings is 1. The Balaban J connectivity index is 2.38. The van der Waals surface area contributed by atoms with Gasteiger partial charge in [0.1, 0.15) is 11.4 Å². The second-order valence-corrected chi connectivity index (χ2v) is 4.86. The first kappa shape index (κ1) is 15.3. The number of para-hydroxylation sites is 1. The van der Waals surface area contributed by atoms with Gasteiger partial charge in [-0.2, -0.15) is 5.10 Å². The smallest absolute Gasteiger partial charge is 0.214 e. The van der Waals surface area contributed by atoms with Gasteiger partial charge in [-0.1, -0.05) is 26.0 Å². The largest absolute Gasteiger partial charge is 0.493 e. The van der Waals surface area contributed by atoms with Gasteiger partial charge >= 0.3 is 0 Å². The fraction of sp³-hybridized carbons (Fsp3) is 0.412. The Morgan fingerprint density at radius 3 is 2.67 bits per heavy atom. The third-order valence-electron chi connectivity index (χ3n) is 3.32. The van der Waals surface area contributed by atoms with Crippen LogP contribution in [-0.2, 0) is 13.0 Å². The molecule has 2 aromatic rings. The lowest BCUT2D eigenvalue weighted by Gasteiger charge is -2.10. The van der Waals surface area contributed by atoms with E-state index in [4.69, 9.17) is 4.74 Å². The van der Waals surface area contributed by atoms with Crippen LogP contribution >= 0.6 is 0 Å². The lowest BCUT2D eigenvalue weighted by atomic mass is 10.1. The van der Waals surface area contributed by atoms with E-state index in [1.807, 2.05) is 51.1 Å². The zero-order valence-corrected chi connectivity index (χ0v) is 12.9. The van der Waals surface area contributed by atoms with Crippen LogP contribution in [0.3, 0.4) is 0 Å². The Kier molecular flexibility index (Phi) is 5.14. The Morgan fingerprint density at radius 1 is 1.24 bits per heavy atom. The van der Waals surface area contributed by atoms with Crippen molar-refractivity contribution in [2.45, 2.75) is 40.2 Å². The number of carbonyl (C=O) groups is 1. The minimum absolute atomic E-state index is 0.0317. The summed E-state index contributed by atoms with van der Waals surface area (Å²) in [7, 11) is 0. The van der Waals surface area contributed by atoms with Crippen LogP contribution in [0, 0.1) is 0 Å². The molecule has 2 rings (SSSR count). The van der Waals surface area contributed by atoms with E-state index in [2.05, 4.69) is 5.10 Å². The number of hydrogen-bond donors (Lipinski definition) is 0. The molecule has 1 heterocycles. The Morgan fingerprint density at radius 2 is 2.00 bits per heavy atom. The predicted molar refractivity (Wildman–Crippen MR) is 82.9 cm³/mol. The summed E-state index contributed by atoms with van der Waals surface area (Å²) >= 11 is 0. The van der Waals surface area contributed by atoms with Crippen molar-refractivity contribution in [2.75, 3.05) is 6.61 Å². The van der Waals surface area contributed by atoms with Gasteiger partial charge in [0.15, 0.2) is 0 Å². The van der Waals surface area contributed by atoms with Crippen molar-refractivity contribution < 1.29 is 9.53 Å². The number of ketones is 1. The highest BCUT2D eigenvalue weighted by atomic mass is 16.5. The molecule has 1 aromatic heterocycles. The molecule has 112 valence electrons. The number of carbonyl (C=O) groups excluding carboxylic acids is 1. The van der Waals surface area contributed by atoms with Gasteiger partial charge in [0.2, 0.25) is 5.78 Å². The van der Waals surface area contributed by atoms with Crippen LogP contribution in [0.15, 0.2) is 30.3 Å². The van der Waals surface area contributed by atoms with Crippen molar-refractivity contribution in [1.82, 2.24) is 9.78 Å². The summed E-state index contributed by atoms with van der Waals surface area (Å²) in [6.07, 6.45) is 1.73. The highest BCUT2D eigenvalue weighted by molar-refractivity contribution is 6.09. The normalized spacial score (nSPS) is 10.6. The predicted octanol–water partition coefficient (Wildman–Crippen LogP) is 3.49. The molecule has 0 radical (unpaired) electrons. The lowest BCUT2D eigenvalue weighted by Crippen LogP contribution is -2.12. The van der Waals surface area contributed by atoms with Crippen LogP contribution in [0.25, 0.3) is 0 Å². The molecule has 0 amide bonds. The fourth-order valence-electron chi connectivity index (χ4n) is 2.20. The highest BCUT2D eigenvalue weighted by Gasteiger charge is 2.19. The van der Waals surface area contributed by atoms with E-state index >= 15 is 0 Å². The van der Waals surface area contributed by atoms with Crippen LogP contribution in [0.5, 0.6) is 5.75 Å². The second-order valence-electron chi connectivity index (χ2n) is 4.86. The van der Waals surface area contributed by atoms with Crippen molar-refractivity contribution in [3.05, 3.63) is 47.3 Å². The minimum atomic E-state index is -0.0317. The average Bonchev–Trinajstić information content (AvgIpc) is 2.96. The van der Waals surface area contributed by atoms with Gasteiger partial charge in [0.05, 0.1) is 17.9 Å². The molecule has 0 aliphatic rings. The number of hydrogen-bond acceptors (Lipinski definition) is 3. The van der Waals surface area contributed by atoms with Crippen LogP contribution < -0.4 is 4.74 Å². The molecule has 21 heavy (non-hydrogen) atoms. The summed E-state index contributed by atoms with van der Waals surface area (Å²) < 4.78 is 7.45. The SMILES string of the molecule is CCCOc1ccccc1C(=O)c1cc(CC)nn1CC. The summed E-state index contributed by atoms with van der Waals surface area (Å²) in [6.45, 7) is 7.36. The highest BCUT2D eigenvalue weighted by Crippen LogP contribution is 2.22. The maximum absolute atomic E-state index is 12.8. The van der Waals surface area contributed by atoms with Crippen molar-refractivity contribution in [1.29, 1.82) is 0 Å². The second kappa shape index (κ2) is 7.07. The van der Waals surface area contributed by atoms with Gasteiger partial charge in [0, 0.05) is 6.54 Å². The number of nitrogens with zero attached hydrogens (tertiary/aromatic N) is 2. The van der Waals surface area contributed by atoms with Crippen LogP contribution in [-0.4, -0.2) is 22.2 Å². The third kappa shape index (κ3) is 3.32. The molecule has 4 heteroatoms. The van der Waals surface area contributed by atoms with E-state index in [1.54, 1.807) is 4.68 Å². The van der Waals surface area contributed by atoms with Gasteiger partial charge < -0.3 is 4.74 Å². The first-order valence-electron chi connectivity index (χ1n) is 7.54. The van der Waals surface area contributed by atoms with E-state index in [0.29, 0.717) is 30.2 Å². The number of aromatic nitrogens is 2. The first-order valence-corrected chi connectivity index (χ1v) is 7.54. The minimum Gasteiger partial charge on any atom is -0.493 e. The lowest BCUT2D eigenvalue weighted by molar-refractivity contribution is 0.102. The Labute approximate surface area is 125 Å². The zero-order chi connectivity index (χ0) is 15.2. The van der Waals surface area contributed by atoms with Gasteiger partial charge in [-0.3, -0.25) is 9.48 Å². The standard InChI is InChI=1S/C17H22N2O2/c1-4-11-21-16-10-8-7-9-14(16)17(20)15-12-13(5-2)18-19(15)6-3/h7-10,12H,4-6,11H2,1-3H3. The molecule has 0 saturated heterocycles. The van der Waals surface area contributed by atoms with Crippen LogP contribution in [0.1, 0.15) is 48.9 Å². The molecule has 0 bridgehead atoms. The molecule has 0 aliphatic heterocycles. The molecule has 0 unspecified atom stereocenters. The molecule has 0 atom stereocenters. The van der Waals surface area contributed by atoms with Crippen molar-refractivity contribution in [3.8, 4) is 5.75 Å². The van der Waals surface area contributed by atoms with Gasteiger partial charge in [-0.05, 0) is 38.0 Å². The maximum Gasteiger partial charge on any atom is 0.214 e. The maximum atomic E-state index is 12.8. The molecule has 0 aliphatic carbocycles. The van der Waals surface area contributed by atoms with Crippen molar-refractivity contribution in [3.63, 3.8) is 0 Å². The third-order valence-corrected chi connectivity index (χ3v) is 3.32. The van der Waals surface area contributed by atoms with E-state index in [1.165, 1.54) is 0 Å². The molecule has 0 saturated carbocycles. The summed E-state index contributed by atoms with van der Waals surface area (Å²) in [5.41, 5.74) is 2.16. The van der Waals surface area contributed by atoms with Gasteiger partial charge in [0.25, 0.3) is 0 Å². The van der Waals surface area contributed by atoms with E-state index in [-0.39, 0.29) is 5.78 Å². The summed E-state index contributed by atoms with van der Waals surface area (Å²) in [4.78, 5) is 12.8. The van der Waals surface area contributed by atoms with E-state index in [0.717, 1.165) is 18.5 Å². The molecule has 0 N–H and O–H groups in total. The summed E-state index contributed by atoms with van der Waals surface area (Å²) in [6, 6.07) is 9.28. The quantitative estimate of drug-likeness (QED) is 0.732. The van der Waals surface area contributed by atoms with Crippen LogP contribution in [0.2, 0.25) is 0 Å². The zero-order valence-electron chi connectivity index (χ0n) is 12.9. The number of ether oxygens (including phenoxy) is 1. The first-order chi connectivity index (χ1) is 10.2. The van der Waals surface area contributed by atoms with Crippen LogP contribution in [0.4, 0.5) is 0 Å². The van der Waals surface area contributed by atoms with Crippen molar-refractivity contribution in [2.24, 2.45) is 0 Å². The summed E-state index contributed by atoms with van der Waals surface area (Å²) in [5.74, 6) is 0.613. The molecular formula is C17H22N2O2. The monoisotopic (exact) mass is 286 g/mol. The molecule has 0 spiro atoms. The number of rotatable bonds is 7. The van der Waals surface area contributed by atoms with Gasteiger partial charge in [-0.15, -0.1) is 0 Å². The summed E-state index contributed by atoms with van der Waals surface area (Å²) in [5, 5.41) is 4.44. The van der Waals surface area contributed by atoms with Crippen molar-refractivity contribution >= 4 is 5.78 Å². The molecule has 4 nitrogen and oxygen atoms in total. The fourth-order valence-corrected chi connectivity index (χ4v) is 2.20. The van der Waals surface area contributed by atoms with Gasteiger partial charge in [-0.25, -0.2) is 0 Å². The Bertz CT molecular complexity index is 617. The van der Waals surface area contributed by atoms with E-state index < -0.39 is 0 Å². The molecular weight excluding hydrogens is 264 g/mol. The Hall–Kier alpha value is -2.10. The average molecular weight is 286 g/mol. The topological polar surface area (TPSA) is 44.1 Å². The number of aryl methyl sites for hydroxylation is 2. The molecule has 1 aromatic carbocycles. The molecule has 0 fully saturated rings. The van der Waals surface area contributed by atoms with E-state index in [9.17, 15) is 4.79 Å².